The molecule has 0 unspecified atom stereocenters. The number of hydrogen-bond donors (Lipinski definition) is 2. The molecule has 0 radical (unpaired) electrons. The SMILES string of the molecule is COC(=O)CCCC(=O)Nc1ccc(NC(=O)Cc2ccc(C)cc2)c(C(=O)c2ccccc2)c1. The lowest BCUT2D eigenvalue weighted by molar-refractivity contribution is -0.140. The Balaban J connectivity index is 1.78. The minimum absolute atomic E-state index is 0.131. The van der Waals surface area contributed by atoms with Crippen LogP contribution in [0.5, 0.6) is 0 Å². The minimum atomic E-state index is -0.376. The molecule has 7 nitrogen and oxygen atoms in total. The number of anilines is 2. The molecule has 0 bridgehead atoms. The van der Waals surface area contributed by atoms with E-state index in [1.807, 2.05) is 37.3 Å². The summed E-state index contributed by atoms with van der Waals surface area (Å²) in [4.78, 5) is 49.5. The molecular formula is C28H28N2O5. The molecule has 0 saturated heterocycles. The number of carbonyl (C=O) groups excluding carboxylic acids is 4. The maximum Gasteiger partial charge on any atom is 0.305 e. The Kier molecular flexibility index (Phi) is 8.89. The largest absolute Gasteiger partial charge is 0.469 e. The molecule has 7 heteroatoms. The lowest BCUT2D eigenvalue weighted by Gasteiger charge is -2.14. The summed E-state index contributed by atoms with van der Waals surface area (Å²) in [5.41, 5.74) is 3.47. The molecule has 0 fully saturated rings. The van der Waals surface area contributed by atoms with Gasteiger partial charge in [0.05, 0.1) is 19.2 Å². The van der Waals surface area contributed by atoms with E-state index in [0.29, 0.717) is 23.4 Å². The zero-order chi connectivity index (χ0) is 25.2. The third kappa shape index (κ3) is 7.64. The molecule has 0 heterocycles. The second-order valence-electron chi connectivity index (χ2n) is 8.14. The first-order chi connectivity index (χ1) is 16.9. The number of carbonyl (C=O) groups is 4. The van der Waals surface area contributed by atoms with Crippen molar-refractivity contribution in [3.8, 4) is 0 Å². The number of ketones is 1. The van der Waals surface area contributed by atoms with Crippen molar-refractivity contribution in [3.63, 3.8) is 0 Å². The number of hydrogen-bond acceptors (Lipinski definition) is 5. The molecule has 0 aliphatic heterocycles. The van der Waals surface area contributed by atoms with Gasteiger partial charge in [0.15, 0.2) is 5.78 Å². The monoisotopic (exact) mass is 472 g/mol. The number of ether oxygens (including phenoxy) is 1. The predicted molar refractivity (Wildman–Crippen MR) is 134 cm³/mol. The summed E-state index contributed by atoms with van der Waals surface area (Å²) < 4.78 is 4.58. The molecule has 0 aliphatic carbocycles. The summed E-state index contributed by atoms with van der Waals surface area (Å²) in [5.74, 6) is -1.20. The Morgan fingerprint density at radius 3 is 2.20 bits per heavy atom. The van der Waals surface area contributed by atoms with Gasteiger partial charge in [0.25, 0.3) is 0 Å². The number of nitrogens with one attached hydrogen (secondary N) is 2. The van der Waals surface area contributed by atoms with E-state index in [1.54, 1.807) is 42.5 Å². The number of benzene rings is 3. The number of methoxy groups -OCH3 is 1. The fourth-order valence-corrected chi connectivity index (χ4v) is 3.47. The average Bonchev–Trinajstić information content (AvgIpc) is 2.86. The van der Waals surface area contributed by atoms with Gasteiger partial charge in [0, 0.05) is 29.7 Å². The van der Waals surface area contributed by atoms with Crippen LogP contribution in [0.2, 0.25) is 0 Å². The first-order valence-corrected chi connectivity index (χ1v) is 11.3. The van der Waals surface area contributed by atoms with Crippen molar-refractivity contribution in [1.29, 1.82) is 0 Å². The maximum atomic E-state index is 13.2. The summed E-state index contributed by atoms with van der Waals surface area (Å²) in [5, 5.41) is 5.58. The summed E-state index contributed by atoms with van der Waals surface area (Å²) in [6.07, 6.45) is 0.791. The van der Waals surface area contributed by atoms with Crippen LogP contribution in [-0.2, 0) is 25.5 Å². The molecule has 0 aromatic heterocycles. The third-order valence-electron chi connectivity index (χ3n) is 5.36. The molecule has 35 heavy (non-hydrogen) atoms. The van der Waals surface area contributed by atoms with Gasteiger partial charge >= 0.3 is 5.97 Å². The van der Waals surface area contributed by atoms with Gasteiger partial charge in [-0.3, -0.25) is 19.2 Å². The fourth-order valence-electron chi connectivity index (χ4n) is 3.47. The number of aryl methyl sites for hydroxylation is 1. The van der Waals surface area contributed by atoms with Crippen molar-refractivity contribution in [3.05, 3.63) is 95.1 Å². The smallest absolute Gasteiger partial charge is 0.305 e. The van der Waals surface area contributed by atoms with Crippen LogP contribution < -0.4 is 10.6 Å². The molecule has 0 aliphatic rings. The molecular weight excluding hydrogens is 444 g/mol. The number of esters is 1. The van der Waals surface area contributed by atoms with Gasteiger partial charge in [-0.2, -0.15) is 0 Å². The van der Waals surface area contributed by atoms with Crippen LogP contribution in [0.25, 0.3) is 0 Å². The first kappa shape index (κ1) is 25.4. The Bertz CT molecular complexity index is 1200. The highest BCUT2D eigenvalue weighted by molar-refractivity contribution is 6.14. The topological polar surface area (TPSA) is 102 Å². The first-order valence-electron chi connectivity index (χ1n) is 11.3. The summed E-state index contributed by atoms with van der Waals surface area (Å²) in [7, 11) is 1.30. The Morgan fingerprint density at radius 2 is 1.51 bits per heavy atom. The van der Waals surface area contributed by atoms with E-state index in [2.05, 4.69) is 15.4 Å². The van der Waals surface area contributed by atoms with Gasteiger partial charge < -0.3 is 15.4 Å². The van der Waals surface area contributed by atoms with Crippen LogP contribution in [-0.4, -0.2) is 30.7 Å². The van der Waals surface area contributed by atoms with Gasteiger partial charge in [-0.15, -0.1) is 0 Å². The van der Waals surface area contributed by atoms with E-state index in [-0.39, 0.29) is 48.4 Å². The Hall–Kier alpha value is -4.26. The van der Waals surface area contributed by atoms with Crippen LogP contribution in [0.4, 0.5) is 11.4 Å². The normalized spacial score (nSPS) is 10.3. The summed E-state index contributed by atoms with van der Waals surface area (Å²) >= 11 is 0. The fraction of sp³-hybridized carbons (Fsp3) is 0.214. The van der Waals surface area contributed by atoms with Crippen LogP contribution >= 0.6 is 0 Å². The molecule has 2 amide bonds. The molecule has 3 rings (SSSR count). The highest BCUT2D eigenvalue weighted by Gasteiger charge is 2.17. The van der Waals surface area contributed by atoms with E-state index in [0.717, 1.165) is 11.1 Å². The van der Waals surface area contributed by atoms with Crippen LogP contribution in [0.15, 0.2) is 72.8 Å². The van der Waals surface area contributed by atoms with E-state index < -0.39 is 0 Å². The zero-order valence-corrected chi connectivity index (χ0v) is 19.8. The quantitative estimate of drug-likeness (QED) is 0.329. The van der Waals surface area contributed by atoms with Crippen molar-refractivity contribution in [1.82, 2.24) is 0 Å². The number of rotatable bonds is 10. The molecule has 3 aromatic carbocycles. The Morgan fingerprint density at radius 1 is 0.800 bits per heavy atom. The predicted octanol–water partition coefficient (Wildman–Crippen LogP) is 4.69. The zero-order valence-electron chi connectivity index (χ0n) is 19.8. The average molecular weight is 473 g/mol. The molecule has 3 aromatic rings. The Labute approximate surface area is 204 Å². The van der Waals surface area contributed by atoms with Crippen LogP contribution in [0.3, 0.4) is 0 Å². The molecule has 0 atom stereocenters. The highest BCUT2D eigenvalue weighted by atomic mass is 16.5. The summed E-state index contributed by atoms with van der Waals surface area (Å²) in [6, 6.07) is 21.2. The second kappa shape index (κ2) is 12.3. The van der Waals surface area contributed by atoms with E-state index in [1.165, 1.54) is 7.11 Å². The number of amides is 2. The van der Waals surface area contributed by atoms with Gasteiger partial charge in [0.2, 0.25) is 11.8 Å². The lowest BCUT2D eigenvalue weighted by atomic mass is 10.0. The van der Waals surface area contributed by atoms with Crippen LogP contribution in [0.1, 0.15) is 46.3 Å². The van der Waals surface area contributed by atoms with Crippen molar-refractivity contribution in [2.75, 3.05) is 17.7 Å². The minimum Gasteiger partial charge on any atom is -0.469 e. The standard InChI is InChI=1S/C28H28N2O5/c1-19-11-13-20(14-12-19)17-26(32)30-24-16-15-22(29-25(31)9-6-10-27(33)35-2)18-23(24)28(34)21-7-4-3-5-8-21/h3-5,7-8,11-16,18H,6,9-10,17H2,1-2H3,(H,29,31)(H,30,32). The third-order valence-corrected chi connectivity index (χ3v) is 5.36. The molecule has 180 valence electrons. The van der Waals surface area contributed by atoms with Crippen molar-refractivity contribution in [2.45, 2.75) is 32.6 Å². The summed E-state index contributed by atoms with van der Waals surface area (Å²) in [6.45, 7) is 1.98. The highest BCUT2D eigenvalue weighted by Crippen LogP contribution is 2.24. The second-order valence-corrected chi connectivity index (χ2v) is 8.14. The lowest BCUT2D eigenvalue weighted by Crippen LogP contribution is -2.18. The van der Waals surface area contributed by atoms with E-state index in [4.69, 9.17) is 0 Å². The molecule has 0 spiro atoms. The van der Waals surface area contributed by atoms with Gasteiger partial charge in [0.1, 0.15) is 0 Å². The van der Waals surface area contributed by atoms with Crippen molar-refractivity contribution in [2.24, 2.45) is 0 Å². The van der Waals surface area contributed by atoms with E-state index in [9.17, 15) is 19.2 Å². The molecule has 2 N–H and O–H groups in total. The van der Waals surface area contributed by atoms with Gasteiger partial charge in [-0.1, -0.05) is 60.2 Å². The van der Waals surface area contributed by atoms with Gasteiger partial charge in [-0.25, -0.2) is 0 Å². The van der Waals surface area contributed by atoms with Crippen molar-refractivity contribution >= 4 is 34.9 Å². The van der Waals surface area contributed by atoms with Crippen LogP contribution in [0, 0.1) is 6.92 Å². The molecule has 0 saturated carbocycles. The van der Waals surface area contributed by atoms with Crippen molar-refractivity contribution < 1.29 is 23.9 Å². The van der Waals surface area contributed by atoms with E-state index >= 15 is 0 Å². The van der Waals surface area contributed by atoms with Gasteiger partial charge in [-0.05, 0) is 37.1 Å². The maximum absolute atomic E-state index is 13.2.